The maximum absolute atomic E-state index is 10.4. The molecule has 106 valence electrons. The van der Waals surface area contributed by atoms with E-state index in [1.807, 2.05) is 12.1 Å². The van der Waals surface area contributed by atoms with Gasteiger partial charge < -0.3 is 14.6 Å². The van der Waals surface area contributed by atoms with Crippen LogP contribution in [0.25, 0.3) is 0 Å². The highest BCUT2D eigenvalue weighted by Crippen LogP contribution is 2.60. The van der Waals surface area contributed by atoms with Crippen molar-refractivity contribution in [1.29, 1.82) is 0 Å². The molecule has 20 heavy (non-hydrogen) atoms. The second-order valence-electron chi connectivity index (χ2n) is 6.08. The Morgan fingerprint density at radius 3 is 3.00 bits per heavy atom. The van der Waals surface area contributed by atoms with Crippen LogP contribution in [0.4, 0.5) is 0 Å². The highest BCUT2D eigenvalue weighted by atomic mass is 16.5. The summed E-state index contributed by atoms with van der Waals surface area (Å²) in [5.41, 5.74) is 2.58. The van der Waals surface area contributed by atoms with Crippen molar-refractivity contribution in [2.75, 3.05) is 7.11 Å². The lowest BCUT2D eigenvalue weighted by molar-refractivity contribution is 0.00107. The second-order valence-corrected chi connectivity index (χ2v) is 6.08. The number of hydrogen-bond acceptors (Lipinski definition) is 3. The normalized spacial score (nSPS) is 36.5. The summed E-state index contributed by atoms with van der Waals surface area (Å²) in [5, 5.41) is 10.4. The molecule has 1 heterocycles. The van der Waals surface area contributed by atoms with E-state index in [4.69, 9.17) is 9.47 Å². The van der Waals surface area contributed by atoms with Gasteiger partial charge in [-0.1, -0.05) is 25.1 Å². The number of rotatable bonds is 2. The molecule has 3 nitrogen and oxygen atoms in total. The number of methoxy groups -OCH3 is 1. The Balaban J connectivity index is 2.02. The molecular formula is C17H20O3. The van der Waals surface area contributed by atoms with Crippen molar-refractivity contribution in [3.63, 3.8) is 0 Å². The highest BCUT2D eigenvalue weighted by Gasteiger charge is 2.58. The van der Waals surface area contributed by atoms with Crippen LogP contribution in [0.2, 0.25) is 0 Å². The van der Waals surface area contributed by atoms with Crippen LogP contribution in [0.15, 0.2) is 24.3 Å². The zero-order chi connectivity index (χ0) is 13.9. The van der Waals surface area contributed by atoms with Gasteiger partial charge in [-0.2, -0.15) is 0 Å². The van der Waals surface area contributed by atoms with Crippen LogP contribution in [0.3, 0.4) is 0 Å². The van der Waals surface area contributed by atoms with E-state index in [1.54, 1.807) is 7.11 Å². The Morgan fingerprint density at radius 1 is 1.40 bits per heavy atom. The molecule has 0 radical (unpaired) electrons. The summed E-state index contributed by atoms with van der Waals surface area (Å²) < 4.78 is 11.7. The van der Waals surface area contributed by atoms with E-state index in [0.29, 0.717) is 5.92 Å². The summed E-state index contributed by atoms with van der Waals surface area (Å²) in [6.07, 6.45) is 6.60. The average Bonchev–Trinajstić information content (AvgIpc) is 2.85. The molecule has 0 bridgehead atoms. The smallest absolute Gasteiger partial charge is 0.165 e. The monoisotopic (exact) mass is 272 g/mol. The average molecular weight is 272 g/mol. The summed E-state index contributed by atoms with van der Waals surface area (Å²) >= 11 is 0. The Kier molecular flexibility index (Phi) is 2.46. The van der Waals surface area contributed by atoms with Crippen molar-refractivity contribution < 1.29 is 14.6 Å². The molecule has 1 N–H and O–H groups in total. The van der Waals surface area contributed by atoms with Crippen LogP contribution in [0.5, 0.6) is 11.5 Å². The van der Waals surface area contributed by atoms with E-state index >= 15 is 0 Å². The van der Waals surface area contributed by atoms with Crippen molar-refractivity contribution in [1.82, 2.24) is 0 Å². The summed E-state index contributed by atoms with van der Waals surface area (Å²) in [5.74, 6) is 2.12. The third kappa shape index (κ3) is 1.25. The number of allylic oxidation sites excluding steroid dienone is 1. The molecule has 1 aliphatic heterocycles. The zero-order valence-electron chi connectivity index (χ0n) is 11.9. The number of hydrogen-bond donors (Lipinski definition) is 1. The summed E-state index contributed by atoms with van der Waals surface area (Å²) in [7, 11) is 1.68. The van der Waals surface area contributed by atoms with Gasteiger partial charge in [-0.15, -0.1) is 0 Å². The molecule has 1 aromatic carbocycles. The number of aryl methyl sites for hydroxylation is 1. The minimum atomic E-state index is -0.533. The van der Waals surface area contributed by atoms with Gasteiger partial charge in [-0.05, 0) is 36.8 Å². The molecule has 0 amide bonds. The van der Waals surface area contributed by atoms with Crippen molar-refractivity contribution >= 4 is 0 Å². The number of aliphatic hydroxyl groups excluding tert-OH is 1. The van der Waals surface area contributed by atoms with Gasteiger partial charge in [0.25, 0.3) is 0 Å². The van der Waals surface area contributed by atoms with Crippen LogP contribution in [-0.2, 0) is 11.8 Å². The van der Waals surface area contributed by atoms with E-state index in [-0.39, 0.29) is 11.5 Å². The van der Waals surface area contributed by atoms with E-state index in [0.717, 1.165) is 30.8 Å². The van der Waals surface area contributed by atoms with Crippen molar-refractivity contribution in [3.05, 3.63) is 35.4 Å². The largest absolute Gasteiger partial charge is 0.493 e. The first-order chi connectivity index (χ1) is 9.72. The van der Waals surface area contributed by atoms with Gasteiger partial charge in [0.2, 0.25) is 0 Å². The van der Waals surface area contributed by atoms with Crippen LogP contribution >= 0.6 is 0 Å². The molecule has 3 aliphatic rings. The summed E-state index contributed by atoms with van der Waals surface area (Å²) in [6, 6.07) is 4.16. The highest BCUT2D eigenvalue weighted by molar-refractivity contribution is 5.61. The molecule has 0 unspecified atom stereocenters. The number of benzene rings is 1. The summed E-state index contributed by atoms with van der Waals surface area (Å²) in [6.45, 7) is 2.21. The molecule has 4 atom stereocenters. The van der Waals surface area contributed by atoms with Gasteiger partial charge in [0.1, 0.15) is 12.2 Å². The fourth-order valence-electron chi connectivity index (χ4n) is 4.57. The van der Waals surface area contributed by atoms with Crippen molar-refractivity contribution in [3.8, 4) is 11.5 Å². The first kappa shape index (κ1) is 12.3. The lowest BCUT2D eigenvalue weighted by Crippen LogP contribution is -2.53. The fraction of sp³-hybridized carbons (Fsp3) is 0.529. The van der Waals surface area contributed by atoms with Crippen LogP contribution in [0.1, 0.15) is 30.9 Å². The number of aliphatic hydroxyl groups is 1. The second kappa shape index (κ2) is 4.01. The van der Waals surface area contributed by atoms with E-state index in [2.05, 4.69) is 19.1 Å². The summed E-state index contributed by atoms with van der Waals surface area (Å²) in [4.78, 5) is 0. The fourth-order valence-corrected chi connectivity index (χ4v) is 4.57. The minimum absolute atomic E-state index is 0.0778. The molecule has 1 aromatic rings. The first-order valence-corrected chi connectivity index (χ1v) is 7.45. The maximum atomic E-state index is 10.4. The number of ether oxygens (including phenoxy) is 2. The van der Waals surface area contributed by atoms with Gasteiger partial charge in [-0.3, -0.25) is 0 Å². The molecule has 2 aliphatic carbocycles. The molecule has 0 saturated heterocycles. The van der Waals surface area contributed by atoms with Gasteiger partial charge in [0.05, 0.1) is 7.11 Å². The molecule has 0 aromatic heterocycles. The Bertz CT molecular complexity index is 592. The quantitative estimate of drug-likeness (QED) is 0.841. The topological polar surface area (TPSA) is 38.7 Å². The predicted octanol–water partition coefficient (Wildman–Crippen LogP) is 2.60. The van der Waals surface area contributed by atoms with Crippen LogP contribution < -0.4 is 9.47 Å². The van der Waals surface area contributed by atoms with E-state index in [1.165, 1.54) is 11.1 Å². The van der Waals surface area contributed by atoms with E-state index < -0.39 is 6.10 Å². The molecule has 0 fully saturated rings. The zero-order valence-corrected chi connectivity index (χ0v) is 11.9. The third-order valence-corrected chi connectivity index (χ3v) is 5.47. The predicted molar refractivity (Wildman–Crippen MR) is 76.3 cm³/mol. The third-order valence-electron chi connectivity index (χ3n) is 5.47. The Hall–Kier alpha value is -1.48. The lowest BCUT2D eigenvalue weighted by Gasteiger charge is -2.46. The standard InChI is InChI=1S/C17H20O3/c1-3-17-11-6-4-10-5-9-13(19-2)15(14(10)17)20-16(17)12(18)8-7-11/h5,7-9,11-12,16,18H,3-4,6H2,1-2H3/t11-,12+,16+,17+/m1/s1. The molecular weight excluding hydrogens is 252 g/mol. The first-order valence-electron chi connectivity index (χ1n) is 7.45. The Labute approximate surface area is 119 Å². The van der Waals surface area contributed by atoms with Crippen LogP contribution in [-0.4, -0.2) is 24.4 Å². The van der Waals surface area contributed by atoms with Gasteiger partial charge in [-0.25, -0.2) is 0 Å². The van der Waals surface area contributed by atoms with E-state index in [9.17, 15) is 5.11 Å². The van der Waals surface area contributed by atoms with Gasteiger partial charge in [0.15, 0.2) is 11.5 Å². The van der Waals surface area contributed by atoms with Crippen LogP contribution in [0, 0.1) is 5.92 Å². The lowest BCUT2D eigenvalue weighted by atomic mass is 9.57. The molecule has 0 spiro atoms. The van der Waals surface area contributed by atoms with Crippen molar-refractivity contribution in [2.45, 2.75) is 43.8 Å². The Morgan fingerprint density at radius 2 is 2.25 bits per heavy atom. The maximum Gasteiger partial charge on any atom is 0.165 e. The molecule has 3 heteroatoms. The van der Waals surface area contributed by atoms with Crippen molar-refractivity contribution in [2.24, 2.45) is 5.92 Å². The molecule has 4 rings (SSSR count). The van der Waals surface area contributed by atoms with Gasteiger partial charge >= 0.3 is 0 Å². The minimum Gasteiger partial charge on any atom is -0.493 e. The SMILES string of the molecule is CC[C@]12c3c4ccc(OC)c3O[C@H]1[C@@H](O)C=C[C@H]2CC4. The molecule has 0 saturated carbocycles. The van der Waals surface area contributed by atoms with Gasteiger partial charge in [0, 0.05) is 11.0 Å².